The smallest absolute Gasteiger partial charge is 0.238 e. The second-order valence-corrected chi connectivity index (χ2v) is 13.9. The molecule has 204 valence electrons. The van der Waals surface area contributed by atoms with Gasteiger partial charge in [0.2, 0.25) is 11.0 Å². The van der Waals surface area contributed by atoms with Gasteiger partial charge in [-0.05, 0) is 72.9 Å². The van der Waals surface area contributed by atoms with Crippen molar-refractivity contribution >= 4 is 46.0 Å². The summed E-state index contributed by atoms with van der Waals surface area (Å²) in [7, 11) is 0. The number of benzene rings is 2. The molecule has 0 aromatic heterocycles. The van der Waals surface area contributed by atoms with E-state index in [2.05, 4.69) is 31.4 Å². The summed E-state index contributed by atoms with van der Waals surface area (Å²) in [4.78, 5) is 28.8. The van der Waals surface area contributed by atoms with Crippen molar-refractivity contribution in [2.75, 3.05) is 0 Å². The van der Waals surface area contributed by atoms with E-state index in [1.165, 1.54) is 12.1 Å². The van der Waals surface area contributed by atoms with Crippen LogP contribution in [0.25, 0.3) is 0 Å². The van der Waals surface area contributed by atoms with Crippen LogP contribution in [0.3, 0.4) is 0 Å². The Morgan fingerprint density at radius 3 is 2.55 bits per heavy atom. The highest BCUT2D eigenvalue weighted by molar-refractivity contribution is 8.14. The number of hydrogen-bond acceptors (Lipinski definition) is 5. The molecule has 2 fully saturated rings. The van der Waals surface area contributed by atoms with Gasteiger partial charge in [0.1, 0.15) is 5.82 Å². The van der Waals surface area contributed by atoms with E-state index in [-0.39, 0.29) is 33.6 Å². The molecule has 38 heavy (non-hydrogen) atoms. The van der Waals surface area contributed by atoms with Crippen LogP contribution in [-0.4, -0.2) is 40.4 Å². The van der Waals surface area contributed by atoms with Crippen LogP contribution in [-0.2, 0) is 15.0 Å². The molecule has 2 aliphatic heterocycles. The molecular formula is C29H33Cl2FN2O3S. The van der Waals surface area contributed by atoms with Crippen molar-refractivity contribution in [2.24, 2.45) is 5.41 Å². The molecule has 3 aliphatic rings. The maximum atomic E-state index is 15.0. The molecule has 1 aliphatic carbocycles. The molecule has 5 rings (SSSR count). The van der Waals surface area contributed by atoms with Crippen molar-refractivity contribution in [1.82, 2.24) is 10.6 Å². The molecule has 1 saturated heterocycles. The minimum absolute atomic E-state index is 0.0347. The average molecular weight is 580 g/mol. The molecule has 5 nitrogen and oxygen atoms in total. The fourth-order valence-electron chi connectivity index (χ4n) is 6.50. The Hall–Kier alpha value is -1.64. The number of halogens is 3. The molecule has 0 bridgehead atoms. The van der Waals surface area contributed by atoms with Crippen molar-refractivity contribution in [3.8, 4) is 0 Å². The van der Waals surface area contributed by atoms with Crippen LogP contribution in [0.1, 0.15) is 69.9 Å². The summed E-state index contributed by atoms with van der Waals surface area (Å²) >= 11 is 13.6. The van der Waals surface area contributed by atoms with E-state index in [1.54, 1.807) is 12.1 Å². The molecule has 1 spiro atoms. The number of nitrogens with one attached hydrogen (secondary N) is 2. The van der Waals surface area contributed by atoms with E-state index in [1.807, 2.05) is 12.1 Å². The summed E-state index contributed by atoms with van der Waals surface area (Å²) in [6.07, 6.45) is 2.91. The fraction of sp³-hybridized carbons (Fsp3) is 0.517. The van der Waals surface area contributed by atoms with Gasteiger partial charge in [-0.3, -0.25) is 9.59 Å². The third-order valence-electron chi connectivity index (χ3n) is 8.11. The first kappa shape index (κ1) is 27.9. The molecule has 0 unspecified atom stereocenters. The van der Waals surface area contributed by atoms with Crippen LogP contribution in [0.2, 0.25) is 10.0 Å². The second-order valence-electron chi connectivity index (χ2n) is 12.0. The van der Waals surface area contributed by atoms with Crippen molar-refractivity contribution in [2.45, 2.75) is 93.3 Å². The third kappa shape index (κ3) is 5.01. The van der Waals surface area contributed by atoms with Gasteiger partial charge < -0.3 is 15.7 Å². The molecule has 9 heteroatoms. The summed E-state index contributed by atoms with van der Waals surface area (Å²) in [5.41, 5.74) is -0.0728. The topological polar surface area (TPSA) is 78.4 Å². The van der Waals surface area contributed by atoms with Gasteiger partial charge in [-0.25, -0.2) is 4.39 Å². The first-order valence-corrected chi connectivity index (χ1v) is 14.7. The SMILES string of the molecule is CC(C)(C)C[C@H]1N[C@@H](C(=O)NC2CCC(O)CC2)[C@H](c2cccc(Cl)c2)[C@@]12C(=O)Sc1cc(Cl)c(F)cc12. The molecule has 2 heterocycles. The van der Waals surface area contributed by atoms with Crippen molar-refractivity contribution in [3.63, 3.8) is 0 Å². The van der Waals surface area contributed by atoms with Crippen molar-refractivity contribution < 1.29 is 19.1 Å². The number of hydrogen-bond donors (Lipinski definition) is 3. The Kier molecular flexibility index (Phi) is 7.64. The molecule has 2 aromatic carbocycles. The standard InChI is InChI=1S/C29H33Cl2FN2O3S/c1-28(2,3)14-23-29(19-12-21(32)20(31)13-22(19)38-27(29)37)24(15-5-4-6-16(30)11-15)25(34-23)26(36)33-17-7-9-18(35)10-8-17/h4-6,11-13,17-18,23-25,34-35H,7-10,14H2,1-3H3,(H,33,36)/t17?,18?,23-,24+,25-,29+/m1/s1. The zero-order valence-corrected chi connectivity index (χ0v) is 24.0. The largest absolute Gasteiger partial charge is 0.393 e. The quantitative estimate of drug-likeness (QED) is 0.415. The maximum absolute atomic E-state index is 15.0. The number of amides is 1. The lowest BCUT2D eigenvalue weighted by molar-refractivity contribution is -0.124. The predicted molar refractivity (Wildman–Crippen MR) is 149 cm³/mol. The number of fused-ring (bicyclic) bond motifs is 2. The molecule has 4 atom stereocenters. The van der Waals surface area contributed by atoms with Crippen LogP contribution in [0.4, 0.5) is 4.39 Å². The lowest BCUT2D eigenvalue weighted by atomic mass is 9.63. The molecular weight excluding hydrogens is 546 g/mol. The number of rotatable bonds is 4. The Morgan fingerprint density at radius 2 is 1.89 bits per heavy atom. The minimum atomic E-state index is -1.20. The number of carbonyl (C=O) groups is 2. The van der Waals surface area contributed by atoms with Gasteiger partial charge in [-0.15, -0.1) is 0 Å². The monoisotopic (exact) mass is 578 g/mol. The lowest BCUT2D eigenvalue weighted by Crippen LogP contribution is -2.49. The molecule has 0 radical (unpaired) electrons. The van der Waals surface area contributed by atoms with Crippen LogP contribution >= 0.6 is 35.0 Å². The normalized spacial score (nSPS) is 31.0. The predicted octanol–water partition coefficient (Wildman–Crippen LogP) is 5.98. The maximum Gasteiger partial charge on any atom is 0.238 e. The van der Waals surface area contributed by atoms with Gasteiger partial charge in [0.05, 0.1) is 22.6 Å². The first-order valence-electron chi connectivity index (χ1n) is 13.1. The Bertz CT molecular complexity index is 1260. The van der Waals surface area contributed by atoms with E-state index < -0.39 is 29.2 Å². The van der Waals surface area contributed by atoms with Gasteiger partial charge in [0, 0.05) is 27.9 Å². The lowest BCUT2D eigenvalue weighted by Gasteiger charge is -2.38. The number of carbonyl (C=O) groups excluding carboxylic acids is 2. The average Bonchev–Trinajstić information content (AvgIpc) is 3.30. The Morgan fingerprint density at radius 1 is 1.18 bits per heavy atom. The van der Waals surface area contributed by atoms with Gasteiger partial charge >= 0.3 is 0 Å². The second kappa shape index (κ2) is 10.4. The molecule has 2 aromatic rings. The summed E-state index contributed by atoms with van der Waals surface area (Å²) < 4.78 is 15.0. The molecule has 3 N–H and O–H groups in total. The zero-order chi connectivity index (χ0) is 27.4. The molecule has 1 amide bonds. The summed E-state index contributed by atoms with van der Waals surface area (Å²) in [6, 6.07) is 8.93. The summed E-state index contributed by atoms with van der Waals surface area (Å²) in [6.45, 7) is 6.27. The minimum Gasteiger partial charge on any atom is -0.393 e. The Balaban J connectivity index is 1.66. The molecule has 1 saturated carbocycles. The van der Waals surface area contributed by atoms with Crippen LogP contribution in [0, 0.1) is 11.2 Å². The van der Waals surface area contributed by atoms with Gasteiger partial charge in [0.25, 0.3) is 0 Å². The fourth-order valence-corrected chi connectivity index (χ4v) is 8.19. The highest BCUT2D eigenvalue weighted by atomic mass is 35.5. The van der Waals surface area contributed by atoms with Crippen molar-refractivity contribution in [3.05, 3.63) is 63.4 Å². The van der Waals surface area contributed by atoms with Crippen LogP contribution in [0.15, 0.2) is 41.3 Å². The van der Waals surface area contributed by atoms with Crippen molar-refractivity contribution in [1.29, 1.82) is 0 Å². The van der Waals surface area contributed by atoms with E-state index in [0.29, 0.717) is 47.6 Å². The van der Waals surface area contributed by atoms with Crippen LogP contribution in [0.5, 0.6) is 0 Å². The van der Waals surface area contributed by atoms with Gasteiger partial charge in [-0.2, -0.15) is 0 Å². The highest BCUT2D eigenvalue weighted by Gasteiger charge is 2.66. The van der Waals surface area contributed by atoms with Gasteiger partial charge in [0.15, 0.2) is 0 Å². The number of thioether (sulfide) groups is 1. The Labute approximate surface area is 237 Å². The summed E-state index contributed by atoms with van der Waals surface area (Å²) in [5, 5.41) is 17.0. The zero-order valence-electron chi connectivity index (χ0n) is 21.7. The number of aliphatic hydroxyl groups excluding tert-OH is 1. The highest BCUT2D eigenvalue weighted by Crippen LogP contribution is 2.60. The van der Waals surface area contributed by atoms with E-state index in [4.69, 9.17) is 23.2 Å². The summed E-state index contributed by atoms with van der Waals surface area (Å²) in [5.74, 6) is -1.41. The van der Waals surface area contributed by atoms with Gasteiger partial charge in [-0.1, -0.05) is 67.9 Å². The van der Waals surface area contributed by atoms with Crippen LogP contribution < -0.4 is 10.6 Å². The van der Waals surface area contributed by atoms with E-state index in [9.17, 15) is 19.1 Å². The third-order valence-corrected chi connectivity index (χ3v) is 9.72. The van der Waals surface area contributed by atoms with E-state index >= 15 is 0 Å². The van der Waals surface area contributed by atoms with E-state index in [0.717, 1.165) is 17.3 Å². The number of aliphatic hydroxyl groups is 1. The first-order chi connectivity index (χ1) is 17.9.